The van der Waals surface area contributed by atoms with Gasteiger partial charge in [-0.25, -0.2) is 0 Å². The number of hydrogen-bond donors (Lipinski definition) is 3. The van der Waals surface area contributed by atoms with Crippen LogP contribution in [0, 0.1) is 23.2 Å². The predicted octanol–water partition coefficient (Wildman–Crippen LogP) is 3.57. The number of hydrogen-bond acceptors (Lipinski definition) is 4. The molecule has 0 aliphatic heterocycles. The SMILES string of the molecule is CC(C)(Oc1ccccc1)C(=O)NC1C2CC3CC1CC(C(=O)NCc1ccc(C(N)=O)cc1)(C3)C2. The average molecular weight is 490 g/mol. The van der Waals surface area contributed by atoms with Crippen LogP contribution in [0.2, 0.25) is 0 Å². The number of nitrogens with one attached hydrogen (secondary N) is 2. The molecule has 7 nitrogen and oxygen atoms in total. The van der Waals surface area contributed by atoms with E-state index in [2.05, 4.69) is 10.6 Å². The topological polar surface area (TPSA) is 111 Å². The number of primary amides is 1. The number of para-hydroxylation sites is 1. The maximum Gasteiger partial charge on any atom is 0.263 e. The molecule has 2 aromatic rings. The Hall–Kier alpha value is -3.35. The molecule has 0 spiro atoms. The van der Waals surface area contributed by atoms with Crippen molar-refractivity contribution in [3.63, 3.8) is 0 Å². The predicted molar refractivity (Wildman–Crippen MR) is 136 cm³/mol. The lowest BCUT2D eigenvalue weighted by Crippen LogP contribution is -2.64. The van der Waals surface area contributed by atoms with Gasteiger partial charge in [-0.2, -0.15) is 0 Å². The van der Waals surface area contributed by atoms with Crippen LogP contribution in [0.5, 0.6) is 5.75 Å². The minimum absolute atomic E-state index is 0.0787. The summed E-state index contributed by atoms with van der Waals surface area (Å²) in [5, 5.41) is 6.47. The monoisotopic (exact) mass is 489 g/mol. The van der Waals surface area contributed by atoms with Gasteiger partial charge in [0.15, 0.2) is 5.60 Å². The Labute approximate surface area is 212 Å². The lowest BCUT2D eigenvalue weighted by molar-refractivity contribution is -0.152. The Kier molecular flexibility index (Phi) is 6.27. The molecule has 4 N–H and O–H groups in total. The molecule has 0 aromatic heterocycles. The minimum Gasteiger partial charge on any atom is -0.478 e. The Balaban J connectivity index is 1.22. The normalized spacial score (nSPS) is 28.4. The third-order valence-electron chi connectivity index (χ3n) is 8.41. The van der Waals surface area contributed by atoms with Gasteiger partial charge in [-0.3, -0.25) is 14.4 Å². The highest BCUT2D eigenvalue weighted by Gasteiger charge is 2.59. The number of nitrogens with two attached hydrogens (primary N) is 1. The summed E-state index contributed by atoms with van der Waals surface area (Å²) in [5.41, 5.74) is 5.35. The van der Waals surface area contributed by atoms with Crippen LogP contribution in [0.15, 0.2) is 54.6 Å². The van der Waals surface area contributed by atoms with Crippen LogP contribution in [0.25, 0.3) is 0 Å². The molecule has 4 aliphatic carbocycles. The number of rotatable bonds is 8. The summed E-state index contributed by atoms with van der Waals surface area (Å²) in [4.78, 5) is 38.0. The third-order valence-corrected chi connectivity index (χ3v) is 8.41. The summed E-state index contributed by atoms with van der Waals surface area (Å²) in [5.74, 6) is 1.34. The van der Waals surface area contributed by atoms with Gasteiger partial charge in [0.25, 0.3) is 5.91 Å². The third kappa shape index (κ3) is 4.71. The first kappa shape index (κ1) is 24.3. The number of carbonyl (C=O) groups is 3. The Bertz CT molecular complexity index is 1130. The van der Waals surface area contributed by atoms with Crippen molar-refractivity contribution in [1.82, 2.24) is 10.6 Å². The summed E-state index contributed by atoms with van der Waals surface area (Å²) >= 11 is 0. The van der Waals surface area contributed by atoms with E-state index in [9.17, 15) is 14.4 Å². The average Bonchev–Trinajstić information content (AvgIpc) is 2.84. The Morgan fingerprint density at radius 2 is 1.61 bits per heavy atom. The standard InChI is InChI=1S/C29H35N3O4/c1-28(2,36-23-6-4-3-5-7-23)26(34)32-24-21-12-19-13-22(24)16-29(14-19,15-21)27(35)31-17-18-8-10-20(11-9-18)25(30)33/h3-11,19,21-22,24H,12-17H2,1-2H3,(H2,30,33)(H,31,35)(H,32,34). The molecule has 2 unspecified atom stereocenters. The molecule has 4 aliphatic rings. The van der Waals surface area contributed by atoms with E-state index < -0.39 is 11.5 Å². The molecule has 2 aromatic carbocycles. The van der Waals surface area contributed by atoms with Crippen molar-refractivity contribution in [2.24, 2.45) is 28.9 Å². The van der Waals surface area contributed by atoms with E-state index in [1.54, 1.807) is 26.0 Å². The van der Waals surface area contributed by atoms with Gasteiger partial charge in [-0.1, -0.05) is 30.3 Å². The highest BCUT2D eigenvalue weighted by Crippen LogP contribution is 2.60. The molecule has 4 bridgehead atoms. The zero-order valence-corrected chi connectivity index (χ0v) is 21.0. The molecule has 7 heteroatoms. The summed E-state index contributed by atoms with van der Waals surface area (Å²) in [7, 11) is 0. The molecule has 4 saturated carbocycles. The Morgan fingerprint density at radius 3 is 2.22 bits per heavy atom. The smallest absolute Gasteiger partial charge is 0.263 e. The van der Waals surface area contributed by atoms with Gasteiger partial charge in [-0.15, -0.1) is 0 Å². The molecule has 0 saturated heterocycles. The molecule has 6 rings (SSSR count). The Morgan fingerprint density at radius 1 is 0.972 bits per heavy atom. The molecule has 0 radical (unpaired) electrons. The quantitative estimate of drug-likeness (QED) is 0.526. The second kappa shape index (κ2) is 9.26. The lowest BCUT2D eigenvalue weighted by Gasteiger charge is -2.59. The summed E-state index contributed by atoms with van der Waals surface area (Å²) in [6, 6.07) is 16.5. The van der Waals surface area contributed by atoms with Crippen LogP contribution < -0.4 is 21.1 Å². The number of amides is 3. The zero-order valence-electron chi connectivity index (χ0n) is 21.0. The first-order valence-electron chi connectivity index (χ1n) is 12.9. The van der Waals surface area contributed by atoms with Gasteiger partial charge < -0.3 is 21.1 Å². The van der Waals surface area contributed by atoms with Gasteiger partial charge in [0.05, 0.1) is 5.41 Å². The maximum absolute atomic E-state index is 13.4. The van der Waals surface area contributed by atoms with Crippen molar-refractivity contribution in [2.45, 2.75) is 64.1 Å². The largest absolute Gasteiger partial charge is 0.478 e. The highest BCUT2D eigenvalue weighted by atomic mass is 16.5. The van der Waals surface area contributed by atoms with Crippen molar-refractivity contribution in [3.8, 4) is 5.75 Å². The molecule has 0 heterocycles. The molecule has 4 fully saturated rings. The number of benzene rings is 2. The second-order valence-electron chi connectivity index (χ2n) is 11.4. The van der Waals surface area contributed by atoms with Gasteiger partial charge in [0, 0.05) is 18.2 Å². The first-order chi connectivity index (χ1) is 17.1. The second-order valence-corrected chi connectivity index (χ2v) is 11.4. The van der Waals surface area contributed by atoms with Crippen LogP contribution in [0.1, 0.15) is 61.9 Å². The summed E-state index contributed by atoms with van der Waals surface area (Å²) in [6.45, 7) is 4.03. The van der Waals surface area contributed by atoms with Crippen LogP contribution in [0.4, 0.5) is 0 Å². The van der Waals surface area contributed by atoms with Crippen molar-refractivity contribution in [1.29, 1.82) is 0 Å². The molecule has 3 amide bonds. The fourth-order valence-corrected chi connectivity index (χ4v) is 6.85. The van der Waals surface area contributed by atoms with Crippen LogP contribution in [-0.4, -0.2) is 29.4 Å². The zero-order chi connectivity index (χ0) is 25.5. The molecule has 2 atom stereocenters. The van der Waals surface area contributed by atoms with Crippen molar-refractivity contribution in [3.05, 3.63) is 65.7 Å². The highest BCUT2D eigenvalue weighted by molar-refractivity contribution is 5.92. The van der Waals surface area contributed by atoms with Crippen molar-refractivity contribution in [2.75, 3.05) is 0 Å². The lowest BCUT2D eigenvalue weighted by atomic mass is 9.47. The van der Waals surface area contributed by atoms with Gasteiger partial charge in [0.2, 0.25) is 11.8 Å². The van der Waals surface area contributed by atoms with Crippen molar-refractivity contribution >= 4 is 17.7 Å². The summed E-state index contributed by atoms with van der Waals surface area (Å²) < 4.78 is 6.01. The van der Waals surface area contributed by atoms with E-state index in [4.69, 9.17) is 10.5 Å². The van der Waals surface area contributed by atoms with Crippen LogP contribution >= 0.6 is 0 Å². The minimum atomic E-state index is -0.991. The fraction of sp³-hybridized carbons (Fsp3) is 0.483. The fourth-order valence-electron chi connectivity index (χ4n) is 6.85. The van der Waals surface area contributed by atoms with Crippen molar-refractivity contribution < 1.29 is 19.1 Å². The van der Waals surface area contributed by atoms with Gasteiger partial charge in [0.1, 0.15) is 5.75 Å². The van der Waals surface area contributed by atoms with E-state index in [-0.39, 0.29) is 23.3 Å². The maximum atomic E-state index is 13.4. The van der Waals surface area contributed by atoms with Crippen LogP contribution in [-0.2, 0) is 16.1 Å². The van der Waals surface area contributed by atoms with Crippen LogP contribution in [0.3, 0.4) is 0 Å². The van der Waals surface area contributed by atoms with Gasteiger partial charge >= 0.3 is 0 Å². The van der Waals surface area contributed by atoms with Gasteiger partial charge in [-0.05, 0) is 93.5 Å². The van der Waals surface area contributed by atoms with E-state index in [1.165, 1.54) is 0 Å². The number of ether oxygens (including phenoxy) is 1. The molecular weight excluding hydrogens is 454 g/mol. The number of carbonyl (C=O) groups excluding carboxylic acids is 3. The molecular formula is C29H35N3O4. The van der Waals surface area contributed by atoms with E-state index >= 15 is 0 Å². The molecule has 36 heavy (non-hydrogen) atoms. The first-order valence-corrected chi connectivity index (χ1v) is 12.9. The molecule has 190 valence electrons. The summed E-state index contributed by atoms with van der Waals surface area (Å²) in [6.07, 6.45) is 4.65. The van der Waals surface area contributed by atoms with E-state index in [0.717, 1.165) is 37.7 Å². The van der Waals surface area contributed by atoms with E-state index in [1.807, 2.05) is 42.5 Å². The van der Waals surface area contributed by atoms with E-state index in [0.29, 0.717) is 35.6 Å².